The molecule has 86 valence electrons. The topological polar surface area (TPSA) is 12.0 Å². The Bertz CT molecular complexity index is 422. The van der Waals surface area contributed by atoms with E-state index in [1.165, 1.54) is 14.9 Å². The Hall–Kier alpha value is -0.160. The summed E-state index contributed by atoms with van der Waals surface area (Å²) in [4.78, 5) is 1.40. The summed E-state index contributed by atoms with van der Waals surface area (Å²) in [6, 6.07) is 4.86. The zero-order valence-corrected chi connectivity index (χ0v) is 12.3. The van der Waals surface area contributed by atoms with Crippen LogP contribution in [0.1, 0.15) is 23.4 Å². The van der Waals surface area contributed by atoms with Crippen LogP contribution in [0.25, 0.3) is 0 Å². The highest BCUT2D eigenvalue weighted by Crippen LogP contribution is 2.28. The molecule has 0 spiro atoms. The van der Waals surface area contributed by atoms with Crippen LogP contribution in [0.2, 0.25) is 0 Å². The van der Waals surface area contributed by atoms with Crippen molar-refractivity contribution in [2.24, 2.45) is 0 Å². The molecule has 4 heteroatoms. The van der Waals surface area contributed by atoms with E-state index in [2.05, 4.69) is 56.4 Å². The van der Waals surface area contributed by atoms with Gasteiger partial charge in [0, 0.05) is 20.8 Å². The molecule has 2 aromatic heterocycles. The van der Waals surface area contributed by atoms with Crippen molar-refractivity contribution in [2.75, 3.05) is 6.54 Å². The van der Waals surface area contributed by atoms with Gasteiger partial charge in [-0.25, -0.2) is 0 Å². The van der Waals surface area contributed by atoms with E-state index < -0.39 is 0 Å². The molecule has 2 rings (SSSR count). The monoisotopic (exact) mass is 315 g/mol. The van der Waals surface area contributed by atoms with E-state index in [4.69, 9.17) is 0 Å². The number of nitrogens with one attached hydrogen (secondary N) is 1. The van der Waals surface area contributed by atoms with Crippen LogP contribution in [0.5, 0.6) is 0 Å². The molecule has 0 fully saturated rings. The first-order chi connectivity index (χ1) is 7.79. The quantitative estimate of drug-likeness (QED) is 0.858. The van der Waals surface area contributed by atoms with Crippen molar-refractivity contribution in [3.8, 4) is 0 Å². The van der Waals surface area contributed by atoms with E-state index in [0.29, 0.717) is 6.04 Å². The Morgan fingerprint density at radius 1 is 1.44 bits per heavy atom. The van der Waals surface area contributed by atoms with Crippen molar-refractivity contribution in [3.63, 3.8) is 0 Å². The van der Waals surface area contributed by atoms with Gasteiger partial charge in [-0.1, -0.05) is 6.92 Å². The van der Waals surface area contributed by atoms with Crippen LogP contribution in [-0.2, 0) is 6.42 Å². The predicted molar refractivity (Wildman–Crippen MR) is 76.5 cm³/mol. The molecule has 2 aromatic rings. The Kier molecular flexibility index (Phi) is 4.58. The molecule has 0 aliphatic heterocycles. The number of likely N-dealkylation sites (N-methyl/N-ethyl adjacent to an activating group) is 1. The van der Waals surface area contributed by atoms with Crippen LogP contribution in [0.3, 0.4) is 0 Å². The van der Waals surface area contributed by atoms with Gasteiger partial charge in [-0.2, -0.15) is 11.3 Å². The van der Waals surface area contributed by atoms with Gasteiger partial charge in [-0.15, -0.1) is 11.3 Å². The minimum absolute atomic E-state index is 0.441. The summed E-state index contributed by atoms with van der Waals surface area (Å²) < 4.78 is 1.18. The molecule has 0 aromatic carbocycles. The van der Waals surface area contributed by atoms with Gasteiger partial charge in [-0.05, 0) is 57.4 Å². The molecular weight excluding hydrogens is 302 g/mol. The standard InChI is InChI=1S/C12H14BrNS2/c1-2-14-11(5-9-3-4-15-7-9)12-6-10(13)8-16-12/h3-4,6-8,11,14H,2,5H2,1H3. The average molecular weight is 316 g/mol. The normalized spacial score (nSPS) is 12.9. The van der Waals surface area contributed by atoms with Gasteiger partial charge in [0.2, 0.25) is 0 Å². The van der Waals surface area contributed by atoms with Gasteiger partial charge in [0.25, 0.3) is 0 Å². The van der Waals surface area contributed by atoms with E-state index in [9.17, 15) is 0 Å². The van der Waals surface area contributed by atoms with Gasteiger partial charge in [0.15, 0.2) is 0 Å². The molecule has 1 unspecified atom stereocenters. The number of thiophene rings is 2. The fourth-order valence-corrected chi connectivity index (χ4v) is 3.88. The number of hydrogen-bond donors (Lipinski definition) is 1. The van der Waals surface area contributed by atoms with Crippen LogP contribution in [-0.4, -0.2) is 6.54 Å². The highest BCUT2D eigenvalue weighted by Gasteiger charge is 2.13. The van der Waals surface area contributed by atoms with E-state index in [0.717, 1.165) is 13.0 Å². The SMILES string of the molecule is CCNC(Cc1ccsc1)c1cc(Br)cs1. The molecule has 0 bridgehead atoms. The van der Waals surface area contributed by atoms with Crippen molar-refractivity contribution in [2.45, 2.75) is 19.4 Å². The second-order valence-electron chi connectivity index (χ2n) is 3.61. The lowest BCUT2D eigenvalue weighted by Gasteiger charge is -2.15. The largest absolute Gasteiger partial charge is 0.309 e. The van der Waals surface area contributed by atoms with Crippen molar-refractivity contribution < 1.29 is 0 Å². The molecule has 0 saturated carbocycles. The molecule has 0 amide bonds. The summed E-state index contributed by atoms with van der Waals surface area (Å²) in [7, 11) is 0. The van der Waals surface area contributed by atoms with Gasteiger partial charge in [0.1, 0.15) is 0 Å². The summed E-state index contributed by atoms with van der Waals surface area (Å²) in [5.41, 5.74) is 1.42. The Morgan fingerprint density at radius 2 is 2.31 bits per heavy atom. The Morgan fingerprint density at radius 3 is 2.88 bits per heavy atom. The summed E-state index contributed by atoms with van der Waals surface area (Å²) in [6.07, 6.45) is 1.07. The van der Waals surface area contributed by atoms with Gasteiger partial charge < -0.3 is 5.32 Å². The lowest BCUT2D eigenvalue weighted by Crippen LogP contribution is -2.21. The predicted octanol–water partition coefficient (Wildman–Crippen LogP) is 4.47. The zero-order chi connectivity index (χ0) is 11.4. The van der Waals surface area contributed by atoms with E-state index in [1.54, 1.807) is 11.3 Å². The minimum atomic E-state index is 0.441. The van der Waals surface area contributed by atoms with Crippen LogP contribution < -0.4 is 5.32 Å². The molecule has 1 atom stereocenters. The maximum absolute atomic E-state index is 3.54. The third kappa shape index (κ3) is 3.17. The fraction of sp³-hybridized carbons (Fsp3) is 0.333. The first-order valence-electron chi connectivity index (χ1n) is 5.28. The molecular formula is C12H14BrNS2. The molecule has 0 saturated heterocycles. The number of rotatable bonds is 5. The fourth-order valence-electron chi connectivity index (χ4n) is 1.68. The summed E-state index contributed by atoms with van der Waals surface area (Å²) in [6.45, 7) is 3.16. The van der Waals surface area contributed by atoms with E-state index in [1.807, 2.05) is 11.3 Å². The first-order valence-corrected chi connectivity index (χ1v) is 7.89. The average Bonchev–Trinajstić information content (AvgIpc) is 2.88. The summed E-state index contributed by atoms with van der Waals surface area (Å²) in [5, 5.41) is 10.1. The zero-order valence-electron chi connectivity index (χ0n) is 9.07. The second-order valence-corrected chi connectivity index (χ2v) is 6.25. The van der Waals surface area contributed by atoms with Crippen LogP contribution in [0.15, 0.2) is 32.7 Å². The maximum Gasteiger partial charge on any atom is 0.0456 e. The van der Waals surface area contributed by atoms with Crippen molar-refractivity contribution in [1.82, 2.24) is 5.32 Å². The molecule has 2 heterocycles. The van der Waals surface area contributed by atoms with E-state index in [-0.39, 0.29) is 0 Å². The highest BCUT2D eigenvalue weighted by atomic mass is 79.9. The molecule has 0 radical (unpaired) electrons. The third-order valence-corrected chi connectivity index (χ3v) is 4.94. The molecule has 1 nitrogen and oxygen atoms in total. The first kappa shape index (κ1) is 12.3. The van der Waals surface area contributed by atoms with Crippen LogP contribution in [0.4, 0.5) is 0 Å². The minimum Gasteiger partial charge on any atom is -0.309 e. The van der Waals surface area contributed by atoms with Crippen molar-refractivity contribution >= 4 is 38.6 Å². The highest BCUT2D eigenvalue weighted by molar-refractivity contribution is 9.10. The molecule has 0 aliphatic carbocycles. The molecule has 16 heavy (non-hydrogen) atoms. The van der Waals surface area contributed by atoms with Gasteiger partial charge in [0.05, 0.1) is 0 Å². The number of hydrogen-bond acceptors (Lipinski definition) is 3. The van der Waals surface area contributed by atoms with Crippen molar-refractivity contribution in [1.29, 1.82) is 0 Å². The van der Waals surface area contributed by atoms with Crippen LogP contribution >= 0.6 is 38.6 Å². The lowest BCUT2D eigenvalue weighted by molar-refractivity contribution is 0.559. The smallest absolute Gasteiger partial charge is 0.0456 e. The summed E-state index contributed by atoms with van der Waals surface area (Å²) in [5.74, 6) is 0. The molecule has 1 N–H and O–H groups in total. The number of halogens is 1. The summed E-state index contributed by atoms with van der Waals surface area (Å²) >= 11 is 7.09. The Labute approximate surface area is 113 Å². The lowest BCUT2D eigenvalue weighted by atomic mass is 10.1. The van der Waals surface area contributed by atoms with Crippen LogP contribution in [0, 0.1) is 0 Å². The molecule has 0 aliphatic rings. The van der Waals surface area contributed by atoms with Crippen molar-refractivity contribution in [3.05, 3.63) is 43.2 Å². The third-order valence-electron chi connectivity index (χ3n) is 2.40. The van der Waals surface area contributed by atoms with E-state index >= 15 is 0 Å². The van der Waals surface area contributed by atoms with Gasteiger partial charge in [-0.3, -0.25) is 0 Å². The maximum atomic E-state index is 3.54. The second kappa shape index (κ2) is 5.96. The Balaban J connectivity index is 2.11. The van der Waals surface area contributed by atoms with Gasteiger partial charge >= 0.3 is 0 Å².